The van der Waals surface area contributed by atoms with Crippen LogP contribution in [0.1, 0.15) is 0 Å². The van der Waals surface area contributed by atoms with E-state index in [1.54, 1.807) is 19.2 Å². The Morgan fingerprint density at radius 1 is 1.35 bits per heavy atom. The maximum atomic E-state index is 11.7. The Kier molecular flexibility index (Phi) is 2.54. The molecule has 0 fully saturated rings. The van der Waals surface area contributed by atoms with E-state index in [0.717, 1.165) is 6.26 Å². The Morgan fingerprint density at radius 3 is 2.70 bits per heavy atom. The second-order valence-electron chi connectivity index (χ2n) is 4.31. The average Bonchev–Trinajstić information content (AvgIpc) is 2.97. The van der Waals surface area contributed by atoms with Crippen molar-refractivity contribution in [2.45, 2.75) is 5.16 Å². The van der Waals surface area contributed by atoms with Crippen LogP contribution >= 0.6 is 0 Å². The molecule has 0 aliphatic heterocycles. The van der Waals surface area contributed by atoms with E-state index in [4.69, 9.17) is 10.2 Å². The van der Waals surface area contributed by atoms with Crippen LogP contribution in [-0.4, -0.2) is 34.4 Å². The van der Waals surface area contributed by atoms with Crippen LogP contribution in [0.3, 0.4) is 0 Å². The second-order valence-corrected chi connectivity index (χ2v) is 6.22. The highest BCUT2D eigenvalue weighted by molar-refractivity contribution is 7.90. The van der Waals surface area contributed by atoms with Gasteiger partial charge in [-0.05, 0) is 12.1 Å². The normalized spacial score (nSPS) is 12.1. The van der Waals surface area contributed by atoms with Crippen molar-refractivity contribution in [1.29, 1.82) is 0 Å². The molecule has 2 N–H and O–H groups in total. The molecule has 3 rings (SSSR count). The van der Waals surface area contributed by atoms with Crippen molar-refractivity contribution in [3.05, 3.63) is 18.4 Å². The van der Waals surface area contributed by atoms with Crippen LogP contribution in [-0.2, 0) is 16.9 Å². The van der Waals surface area contributed by atoms with Crippen LogP contribution in [0.15, 0.2) is 28.0 Å². The molecule has 8 nitrogen and oxygen atoms in total. The number of aromatic nitrogens is 4. The van der Waals surface area contributed by atoms with E-state index in [1.807, 2.05) is 0 Å². The van der Waals surface area contributed by atoms with E-state index < -0.39 is 9.84 Å². The largest absolute Gasteiger partial charge is 0.463 e. The summed E-state index contributed by atoms with van der Waals surface area (Å²) in [5.41, 5.74) is 6.46. The van der Waals surface area contributed by atoms with Gasteiger partial charge in [0.25, 0.3) is 0 Å². The molecule has 0 aliphatic rings. The zero-order valence-electron chi connectivity index (χ0n) is 10.7. The van der Waals surface area contributed by atoms with Gasteiger partial charge in [-0.25, -0.2) is 13.4 Å². The molecule has 0 aliphatic carbocycles. The van der Waals surface area contributed by atoms with Gasteiger partial charge in [0.1, 0.15) is 11.5 Å². The van der Waals surface area contributed by atoms with Gasteiger partial charge in [0.15, 0.2) is 11.4 Å². The quantitative estimate of drug-likeness (QED) is 0.688. The third-order valence-electron chi connectivity index (χ3n) is 2.81. The van der Waals surface area contributed by atoms with Crippen molar-refractivity contribution in [1.82, 2.24) is 19.7 Å². The van der Waals surface area contributed by atoms with E-state index in [2.05, 4.69) is 15.1 Å². The average molecular weight is 293 g/mol. The fraction of sp³-hybridized carbons (Fsp3) is 0.182. The third-order valence-corrected chi connectivity index (χ3v) is 3.65. The molecule has 3 aromatic rings. The summed E-state index contributed by atoms with van der Waals surface area (Å²) in [6, 6.07) is 3.34. The van der Waals surface area contributed by atoms with Crippen molar-refractivity contribution >= 4 is 26.7 Å². The number of nitrogen functional groups attached to an aromatic ring is 1. The number of hydrogen-bond donors (Lipinski definition) is 1. The summed E-state index contributed by atoms with van der Waals surface area (Å²) in [6.07, 6.45) is 2.50. The molecule has 0 atom stereocenters. The minimum atomic E-state index is -3.57. The van der Waals surface area contributed by atoms with E-state index in [1.165, 1.54) is 10.9 Å². The predicted octanol–water partition coefficient (Wildman–Crippen LogP) is 0.609. The third kappa shape index (κ3) is 1.83. The molecule has 3 aromatic heterocycles. The van der Waals surface area contributed by atoms with Crippen LogP contribution < -0.4 is 5.73 Å². The number of rotatable bonds is 2. The lowest BCUT2D eigenvalue weighted by Crippen LogP contribution is -2.05. The summed E-state index contributed by atoms with van der Waals surface area (Å²) < 4.78 is 30.0. The molecular formula is C11H11N5O3S. The van der Waals surface area contributed by atoms with Crippen LogP contribution in [0.25, 0.3) is 22.5 Å². The summed E-state index contributed by atoms with van der Waals surface area (Å²) >= 11 is 0. The van der Waals surface area contributed by atoms with E-state index in [0.29, 0.717) is 22.7 Å². The minimum absolute atomic E-state index is 0.215. The van der Waals surface area contributed by atoms with Crippen LogP contribution in [0, 0.1) is 0 Å². The highest BCUT2D eigenvalue weighted by Gasteiger charge is 2.22. The molecule has 0 spiro atoms. The number of nitrogens with two attached hydrogens (primary N) is 1. The number of furan rings is 1. The van der Waals surface area contributed by atoms with Crippen LogP contribution in [0.2, 0.25) is 0 Å². The number of aryl methyl sites for hydroxylation is 1. The monoisotopic (exact) mass is 293 g/mol. The maximum absolute atomic E-state index is 11.7. The lowest BCUT2D eigenvalue weighted by atomic mass is 10.2. The van der Waals surface area contributed by atoms with E-state index >= 15 is 0 Å². The zero-order valence-corrected chi connectivity index (χ0v) is 11.5. The van der Waals surface area contributed by atoms with Gasteiger partial charge in [0.05, 0.1) is 11.6 Å². The van der Waals surface area contributed by atoms with Gasteiger partial charge in [-0.3, -0.25) is 4.68 Å². The number of fused-ring (bicyclic) bond motifs is 1. The summed E-state index contributed by atoms with van der Waals surface area (Å²) in [7, 11) is -1.92. The smallest absolute Gasteiger partial charge is 0.249 e. The first kappa shape index (κ1) is 12.6. The van der Waals surface area contributed by atoms with Crippen molar-refractivity contribution in [2.24, 2.45) is 7.05 Å². The molecule has 0 aromatic carbocycles. The molecular weight excluding hydrogens is 282 g/mol. The number of nitrogens with zero attached hydrogens (tertiary/aromatic N) is 4. The van der Waals surface area contributed by atoms with Crippen molar-refractivity contribution in [3.63, 3.8) is 0 Å². The highest BCUT2D eigenvalue weighted by Crippen LogP contribution is 2.30. The first-order valence-electron chi connectivity index (χ1n) is 5.62. The summed E-state index contributed by atoms with van der Waals surface area (Å²) in [6.45, 7) is 0. The molecule has 0 saturated carbocycles. The Hall–Kier alpha value is -2.42. The zero-order chi connectivity index (χ0) is 14.5. The number of anilines is 1. The topological polar surface area (TPSA) is 117 Å². The fourth-order valence-electron chi connectivity index (χ4n) is 1.85. The first-order chi connectivity index (χ1) is 9.38. The van der Waals surface area contributed by atoms with E-state index in [9.17, 15) is 8.42 Å². The molecule has 0 bridgehead atoms. The number of hydrogen-bond acceptors (Lipinski definition) is 7. The van der Waals surface area contributed by atoms with Gasteiger partial charge in [-0.15, -0.1) is 0 Å². The summed E-state index contributed by atoms with van der Waals surface area (Å²) in [4.78, 5) is 8.01. The lowest BCUT2D eigenvalue weighted by molar-refractivity contribution is 0.577. The van der Waals surface area contributed by atoms with Crippen molar-refractivity contribution in [2.75, 3.05) is 12.0 Å². The summed E-state index contributed by atoms with van der Waals surface area (Å²) in [5.74, 6) is 0.744. The Bertz CT molecular complexity index is 896. The summed E-state index contributed by atoms with van der Waals surface area (Å²) in [5, 5.41) is 4.25. The van der Waals surface area contributed by atoms with Gasteiger partial charge in [0.2, 0.25) is 15.0 Å². The van der Waals surface area contributed by atoms with E-state index in [-0.39, 0.29) is 10.8 Å². The van der Waals surface area contributed by atoms with Gasteiger partial charge in [-0.2, -0.15) is 10.1 Å². The van der Waals surface area contributed by atoms with Gasteiger partial charge < -0.3 is 10.2 Å². The molecule has 20 heavy (non-hydrogen) atoms. The molecule has 0 saturated heterocycles. The van der Waals surface area contributed by atoms with Gasteiger partial charge in [-0.1, -0.05) is 0 Å². The SMILES string of the molecule is Cn1nc2nc(S(C)(=O)=O)nc(-c3ccco3)c2c1N. The highest BCUT2D eigenvalue weighted by atomic mass is 32.2. The van der Waals surface area contributed by atoms with Gasteiger partial charge in [0, 0.05) is 13.3 Å². The van der Waals surface area contributed by atoms with Crippen LogP contribution in [0.5, 0.6) is 0 Å². The van der Waals surface area contributed by atoms with Gasteiger partial charge >= 0.3 is 0 Å². The molecule has 9 heteroatoms. The van der Waals surface area contributed by atoms with Crippen molar-refractivity contribution < 1.29 is 12.8 Å². The van der Waals surface area contributed by atoms with Crippen LogP contribution in [0.4, 0.5) is 5.82 Å². The molecule has 3 heterocycles. The second kappa shape index (κ2) is 4.04. The number of sulfone groups is 1. The predicted molar refractivity (Wildman–Crippen MR) is 71.5 cm³/mol. The standard InChI is InChI=1S/C11H11N5O3S/c1-16-9(12)7-8(6-4-3-5-19-6)13-11(20(2,17)18)14-10(7)15-16/h3-5H,12H2,1-2H3. The van der Waals surface area contributed by atoms with Crippen molar-refractivity contribution in [3.8, 4) is 11.5 Å². The minimum Gasteiger partial charge on any atom is -0.463 e. The molecule has 104 valence electrons. The fourth-order valence-corrected chi connectivity index (χ4v) is 2.36. The Labute approximate surface area is 114 Å². The molecule has 0 radical (unpaired) electrons. The first-order valence-corrected chi connectivity index (χ1v) is 7.51. The lowest BCUT2D eigenvalue weighted by Gasteiger charge is -2.02. The maximum Gasteiger partial charge on any atom is 0.249 e. The molecule has 0 amide bonds. The Balaban J connectivity index is 2.46. The molecule has 0 unspecified atom stereocenters. The Morgan fingerprint density at radius 2 is 2.10 bits per heavy atom.